The van der Waals surface area contributed by atoms with Crippen molar-refractivity contribution in [3.8, 4) is 0 Å². The summed E-state index contributed by atoms with van der Waals surface area (Å²) in [5, 5.41) is 8.04. The fourth-order valence-electron chi connectivity index (χ4n) is 2.65. The summed E-state index contributed by atoms with van der Waals surface area (Å²) in [5.74, 6) is 0. The minimum Gasteiger partial charge on any atom is -0.381 e. The van der Waals surface area contributed by atoms with E-state index in [1.165, 1.54) is 11.3 Å². The summed E-state index contributed by atoms with van der Waals surface area (Å²) < 4.78 is 7.59. The molecule has 0 spiro atoms. The second-order valence-corrected chi connectivity index (χ2v) is 4.47. The van der Waals surface area contributed by atoms with E-state index in [2.05, 4.69) is 15.1 Å². The first-order valence-electron chi connectivity index (χ1n) is 5.98. The van der Waals surface area contributed by atoms with Crippen LogP contribution < -0.4 is 11.1 Å². The molecule has 0 bridgehead atoms. The van der Waals surface area contributed by atoms with E-state index in [4.69, 9.17) is 10.5 Å². The third-order valence-corrected chi connectivity index (χ3v) is 3.53. The standard InChI is InChI=1S/C11H18N4O/c12-5-10-9-6-13-7-11(9)15(14-10)8-1-3-16-4-2-8/h8,13H,1-7,12H2. The number of fused-ring (bicyclic) bond motifs is 1. The van der Waals surface area contributed by atoms with Gasteiger partial charge in [-0.25, -0.2) is 0 Å². The molecule has 0 aromatic carbocycles. The van der Waals surface area contributed by atoms with E-state index >= 15 is 0 Å². The van der Waals surface area contributed by atoms with E-state index in [1.807, 2.05) is 0 Å². The monoisotopic (exact) mass is 222 g/mol. The van der Waals surface area contributed by atoms with Crippen LogP contribution in [0.5, 0.6) is 0 Å². The molecule has 88 valence electrons. The molecule has 16 heavy (non-hydrogen) atoms. The minimum atomic E-state index is 0.502. The summed E-state index contributed by atoms with van der Waals surface area (Å²) in [6.45, 7) is 4.10. The van der Waals surface area contributed by atoms with E-state index in [0.717, 1.165) is 44.8 Å². The van der Waals surface area contributed by atoms with Crippen LogP contribution in [0.15, 0.2) is 0 Å². The predicted molar refractivity (Wildman–Crippen MR) is 59.8 cm³/mol. The zero-order valence-electron chi connectivity index (χ0n) is 9.41. The molecule has 0 saturated carbocycles. The fourth-order valence-corrected chi connectivity index (χ4v) is 2.65. The SMILES string of the molecule is NCc1nn(C2CCOCC2)c2c1CNC2. The van der Waals surface area contributed by atoms with Crippen molar-refractivity contribution >= 4 is 0 Å². The van der Waals surface area contributed by atoms with Gasteiger partial charge in [0, 0.05) is 38.4 Å². The van der Waals surface area contributed by atoms with Crippen LogP contribution in [0.4, 0.5) is 0 Å². The molecule has 0 aliphatic carbocycles. The number of hydrogen-bond donors (Lipinski definition) is 2. The van der Waals surface area contributed by atoms with Gasteiger partial charge in [-0.05, 0) is 12.8 Å². The molecular formula is C11H18N4O. The lowest BCUT2D eigenvalue weighted by molar-refractivity contribution is 0.0653. The van der Waals surface area contributed by atoms with Gasteiger partial charge in [0.25, 0.3) is 0 Å². The van der Waals surface area contributed by atoms with E-state index in [0.29, 0.717) is 12.6 Å². The van der Waals surface area contributed by atoms with Gasteiger partial charge in [-0.1, -0.05) is 0 Å². The third-order valence-electron chi connectivity index (χ3n) is 3.53. The van der Waals surface area contributed by atoms with Crippen molar-refractivity contribution in [1.29, 1.82) is 0 Å². The maximum Gasteiger partial charge on any atom is 0.0808 e. The zero-order chi connectivity index (χ0) is 11.0. The van der Waals surface area contributed by atoms with Crippen LogP contribution in [-0.4, -0.2) is 23.0 Å². The lowest BCUT2D eigenvalue weighted by atomic mass is 10.1. The molecule has 5 nitrogen and oxygen atoms in total. The van der Waals surface area contributed by atoms with Gasteiger partial charge in [0.15, 0.2) is 0 Å². The van der Waals surface area contributed by atoms with Crippen LogP contribution in [-0.2, 0) is 24.4 Å². The van der Waals surface area contributed by atoms with Crippen molar-refractivity contribution in [3.05, 3.63) is 17.0 Å². The van der Waals surface area contributed by atoms with Gasteiger partial charge in [0.1, 0.15) is 0 Å². The lowest BCUT2D eigenvalue weighted by Crippen LogP contribution is -2.23. The van der Waals surface area contributed by atoms with Crippen molar-refractivity contribution in [1.82, 2.24) is 15.1 Å². The van der Waals surface area contributed by atoms with E-state index in [1.54, 1.807) is 0 Å². The molecule has 1 aromatic heterocycles. The molecule has 0 unspecified atom stereocenters. The Kier molecular flexibility index (Phi) is 2.67. The van der Waals surface area contributed by atoms with Crippen molar-refractivity contribution < 1.29 is 4.74 Å². The Morgan fingerprint density at radius 3 is 2.94 bits per heavy atom. The Labute approximate surface area is 94.9 Å². The first-order chi connectivity index (χ1) is 7.90. The van der Waals surface area contributed by atoms with E-state index in [-0.39, 0.29) is 0 Å². The lowest BCUT2D eigenvalue weighted by Gasteiger charge is -2.23. The molecule has 2 aliphatic heterocycles. The quantitative estimate of drug-likeness (QED) is 0.755. The normalized spacial score (nSPS) is 21.3. The van der Waals surface area contributed by atoms with Crippen LogP contribution in [0.1, 0.15) is 35.8 Å². The van der Waals surface area contributed by atoms with E-state index < -0.39 is 0 Å². The number of nitrogens with zero attached hydrogens (tertiary/aromatic N) is 2. The molecule has 5 heteroatoms. The fraction of sp³-hybridized carbons (Fsp3) is 0.727. The van der Waals surface area contributed by atoms with Gasteiger partial charge >= 0.3 is 0 Å². The smallest absolute Gasteiger partial charge is 0.0808 e. The molecule has 1 aromatic rings. The Morgan fingerprint density at radius 1 is 1.38 bits per heavy atom. The Bertz CT molecular complexity index is 382. The largest absolute Gasteiger partial charge is 0.381 e. The van der Waals surface area contributed by atoms with Crippen molar-refractivity contribution in [2.24, 2.45) is 5.73 Å². The second-order valence-electron chi connectivity index (χ2n) is 4.47. The van der Waals surface area contributed by atoms with Crippen molar-refractivity contribution in [2.75, 3.05) is 13.2 Å². The van der Waals surface area contributed by atoms with Crippen molar-refractivity contribution in [2.45, 2.75) is 38.5 Å². The van der Waals surface area contributed by atoms with Gasteiger partial charge in [-0.2, -0.15) is 5.10 Å². The summed E-state index contributed by atoms with van der Waals surface area (Å²) in [5.41, 5.74) is 9.47. The Balaban J connectivity index is 1.94. The molecule has 0 amide bonds. The number of nitrogens with one attached hydrogen (secondary N) is 1. The summed E-state index contributed by atoms with van der Waals surface area (Å²) in [6, 6.07) is 0.502. The zero-order valence-corrected chi connectivity index (χ0v) is 9.41. The molecule has 0 atom stereocenters. The van der Waals surface area contributed by atoms with E-state index in [9.17, 15) is 0 Å². The molecule has 3 N–H and O–H groups in total. The second kappa shape index (κ2) is 4.16. The first kappa shape index (κ1) is 10.3. The highest BCUT2D eigenvalue weighted by Crippen LogP contribution is 2.27. The average molecular weight is 222 g/mol. The molecule has 3 heterocycles. The van der Waals surface area contributed by atoms with Crippen LogP contribution >= 0.6 is 0 Å². The summed E-state index contributed by atoms with van der Waals surface area (Å²) >= 11 is 0. The highest BCUT2D eigenvalue weighted by molar-refractivity contribution is 5.30. The molecule has 3 rings (SSSR count). The molecule has 1 fully saturated rings. The molecular weight excluding hydrogens is 204 g/mol. The van der Waals surface area contributed by atoms with Crippen LogP contribution in [0, 0.1) is 0 Å². The molecule has 2 aliphatic rings. The maximum absolute atomic E-state index is 5.74. The highest BCUT2D eigenvalue weighted by atomic mass is 16.5. The topological polar surface area (TPSA) is 65.1 Å². The molecule has 1 saturated heterocycles. The van der Waals surface area contributed by atoms with Crippen LogP contribution in [0.2, 0.25) is 0 Å². The average Bonchev–Trinajstić information content (AvgIpc) is 2.91. The minimum absolute atomic E-state index is 0.502. The predicted octanol–water partition coefficient (Wildman–Crippen LogP) is 0.296. The van der Waals surface area contributed by atoms with Gasteiger partial charge in [0.05, 0.1) is 17.4 Å². The maximum atomic E-state index is 5.74. The van der Waals surface area contributed by atoms with Gasteiger partial charge in [-0.15, -0.1) is 0 Å². The Hall–Kier alpha value is -0.910. The van der Waals surface area contributed by atoms with Crippen LogP contribution in [0.3, 0.4) is 0 Å². The molecule has 0 radical (unpaired) electrons. The van der Waals surface area contributed by atoms with Gasteiger partial charge < -0.3 is 15.8 Å². The summed E-state index contributed by atoms with van der Waals surface area (Å²) in [7, 11) is 0. The van der Waals surface area contributed by atoms with Crippen LogP contribution in [0.25, 0.3) is 0 Å². The number of hydrogen-bond acceptors (Lipinski definition) is 4. The first-order valence-corrected chi connectivity index (χ1v) is 5.98. The third kappa shape index (κ3) is 1.55. The van der Waals surface area contributed by atoms with Crippen molar-refractivity contribution in [3.63, 3.8) is 0 Å². The number of aromatic nitrogens is 2. The van der Waals surface area contributed by atoms with Gasteiger partial charge in [0.2, 0.25) is 0 Å². The number of rotatable bonds is 2. The summed E-state index contributed by atoms with van der Waals surface area (Å²) in [4.78, 5) is 0. The highest BCUT2D eigenvalue weighted by Gasteiger charge is 2.26. The number of ether oxygens (including phenoxy) is 1. The number of nitrogens with two attached hydrogens (primary N) is 1. The summed E-state index contributed by atoms with van der Waals surface area (Å²) in [6.07, 6.45) is 2.14. The van der Waals surface area contributed by atoms with Gasteiger partial charge in [-0.3, -0.25) is 4.68 Å². The Morgan fingerprint density at radius 2 is 2.19 bits per heavy atom.